The molecule has 4 aromatic rings. The molecule has 0 atom stereocenters. The molecule has 0 unspecified atom stereocenters. The highest BCUT2D eigenvalue weighted by molar-refractivity contribution is 6.32. The summed E-state index contributed by atoms with van der Waals surface area (Å²) in [5.74, 6) is -1.12. The number of rotatable bonds is 6. The Kier molecular flexibility index (Phi) is 5.67. The summed E-state index contributed by atoms with van der Waals surface area (Å²) >= 11 is 6.10. The molecule has 1 aliphatic carbocycles. The quantitative estimate of drug-likeness (QED) is 0.364. The molecule has 0 saturated heterocycles. The SMILES string of the molecule is O=C(NCC1CC1)c1c(NC(=O)c2cc(C(F)(F)F)nn2-c2ncccc2Cl)ccc2cn[nH]c12. The lowest BCUT2D eigenvalue weighted by Gasteiger charge is -2.13. The summed E-state index contributed by atoms with van der Waals surface area (Å²) in [6, 6.07) is 6.61. The lowest BCUT2D eigenvalue weighted by atomic mass is 10.1. The summed E-state index contributed by atoms with van der Waals surface area (Å²) in [7, 11) is 0. The molecule has 0 radical (unpaired) electrons. The zero-order chi connectivity index (χ0) is 24.7. The molecular weight excluding hydrogens is 487 g/mol. The number of amides is 2. The number of carbonyl (C=O) groups excluding carboxylic acids is 2. The van der Waals surface area contributed by atoms with Gasteiger partial charge in [-0.05, 0) is 43.0 Å². The number of halogens is 4. The van der Waals surface area contributed by atoms with Crippen LogP contribution >= 0.6 is 11.6 Å². The fraction of sp³-hybridized carbons (Fsp3) is 0.227. The fourth-order valence-electron chi connectivity index (χ4n) is 3.56. The Hall–Kier alpha value is -3.93. The van der Waals surface area contributed by atoms with Crippen LogP contribution in [-0.4, -0.2) is 43.3 Å². The third kappa shape index (κ3) is 4.56. The van der Waals surface area contributed by atoms with Gasteiger partial charge in [0.1, 0.15) is 5.69 Å². The maximum Gasteiger partial charge on any atom is 0.435 e. The van der Waals surface area contributed by atoms with E-state index >= 15 is 0 Å². The van der Waals surface area contributed by atoms with E-state index in [0.29, 0.717) is 29.4 Å². The van der Waals surface area contributed by atoms with Crippen LogP contribution < -0.4 is 10.6 Å². The van der Waals surface area contributed by atoms with Gasteiger partial charge in [-0.3, -0.25) is 14.7 Å². The minimum absolute atomic E-state index is 0.00241. The number of hydrogen-bond acceptors (Lipinski definition) is 5. The molecule has 0 aliphatic heterocycles. The predicted molar refractivity (Wildman–Crippen MR) is 120 cm³/mol. The summed E-state index contributed by atoms with van der Waals surface area (Å²) in [5, 5.41) is 16.2. The maximum absolute atomic E-state index is 13.4. The van der Waals surface area contributed by atoms with Gasteiger partial charge in [0.05, 0.1) is 28.0 Å². The molecule has 180 valence electrons. The molecule has 1 aromatic carbocycles. The molecule has 3 aromatic heterocycles. The molecule has 3 heterocycles. The van der Waals surface area contributed by atoms with Crippen LogP contribution in [0.1, 0.15) is 39.4 Å². The first-order chi connectivity index (χ1) is 16.7. The monoisotopic (exact) mass is 503 g/mol. The molecule has 0 spiro atoms. The van der Waals surface area contributed by atoms with Crippen molar-refractivity contribution >= 4 is 40.0 Å². The van der Waals surface area contributed by atoms with Gasteiger partial charge >= 0.3 is 6.18 Å². The Morgan fingerprint density at radius 3 is 2.71 bits per heavy atom. The Bertz CT molecular complexity index is 1440. The molecule has 35 heavy (non-hydrogen) atoms. The van der Waals surface area contributed by atoms with E-state index in [0.717, 1.165) is 17.5 Å². The van der Waals surface area contributed by atoms with Crippen LogP contribution in [0.4, 0.5) is 18.9 Å². The topological polar surface area (TPSA) is 118 Å². The Morgan fingerprint density at radius 1 is 1.20 bits per heavy atom. The first kappa shape index (κ1) is 22.8. The van der Waals surface area contributed by atoms with Gasteiger partial charge in [-0.25, -0.2) is 9.67 Å². The molecule has 13 heteroatoms. The van der Waals surface area contributed by atoms with Crippen LogP contribution in [0.3, 0.4) is 0 Å². The van der Waals surface area contributed by atoms with E-state index in [1.54, 1.807) is 6.07 Å². The number of aromatic amines is 1. The van der Waals surface area contributed by atoms with Crippen molar-refractivity contribution in [3.8, 4) is 5.82 Å². The number of alkyl halides is 3. The molecule has 9 nitrogen and oxygen atoms in total. The molecule has 1 fully saturated rings. The number of pyridine rings is 1. The van der Waals surface area contributed by atoms with E-state index in [9.17, 15) is 22.8 Å². The fourth-order valence-corrected chi connectivity index (χ4v) is 3.76. The van der Waals surface area contributed by atoms with Gasteiger partial charge in [0, 0.05) is 24.2 Å². The normalized spacial score (nSPS) is 13.7. The number of carbonyl (C=O) groups is 2. The van der Waals surface area contributed by atoms with Crippen molar-refractivity contribution in [1.82, 2.24) is 30.3 Å². The van der Waals surface area contributed by atoms with Crippen LogP contribution in [0.2, 0.25) is 5.02 Å². The van der Waals surface area contributed by atoms with E-state index in [4.69, 9.17) is 11.6 Å². The van der Waals surface area contributed by atoms with Crippen molar-refractivity contribution in [2.45, 2.75) is 19.0 Å². The van der Waals surface area contributed by atoms with Crippen LogP contribution in [0, 0.1) is 5.92 Å². The van der Waals surface area contributed by atoms with Crippen molar-refractivity contribution in [1.29, 1.82) is 0 Å². The minimum Gasteiger partial charge on any atom is -0.352 e. The smallest absolute Gasteiger partial charge is 0.352 e. The summed E-state index contributed by atoms with van der Waals surface area (Å²) in [6.07, 6.45) is 0.0718. The first-order valence-corrected chi connectivity index (χ1v) is 10.9. The molecule has 2 amide bonds. The lowest BCUT2D eigenvalue weighted by Crippen LogP contribution is -2.27. The number of aromatic nitrogens is 5. The highest BCUT2D eigenvalue weighted by Crippen LogP contribution is 2.32. The summed E-state index contributed by atoms with van der Waals surface area (Å²) in [6.45, 7) is 0.483. The standard InChI is InChI=1S/C22H17ClF3N7O2/c23-13-2-1-7-27-19(13)33-15(8-16(32-33)22(24,25)26)20(34)30-14-6-5-12-10-29-31-18(12)17(14)21(35)28-9-11-3-4-11/h1-2,5-8,10-11H,3-4,9H2,(H,28,35)(H,29,31)(H,30,34). The average Bonchev–Trinajstić information content (AvgIpc) is 3.32. The predicted octanol–water partition coefficient (Wildman–Crippen LogP) is 4.21. The second-order valence-corrected chi connectivity index (χ2v) is 8.47. The summed E-state index contributed by atoms with van der Waals surface area (Å²) in [4.78, 5) is 30.2. The molecular formula is C22H17ClF3N7O2. The number of nitrogens with one attached hydrogen (secondary N) is 3. The maximum atomic E-state index is 13.4. The van der Waals surface area contributed by atoms with Crippen molar-refractivity contribution in [3.63, 3.8) is 0 Å². The van der Waals surface area contributed by atoms with Gasteiger partial charge in [0.15, 0.2) is 11.5 Å². The first-order valence-electron chi connectivity index (χ1n) is 10.6. The highest BCUT2D eigenvalue weighted by Gasteiger charge is 2.37. The zero-order valence-corrected chi connectivity index (χ0v) is 18.6. The van der Waals surface area contributed by atoms with Crippen LogP contribution in [0.25, 0.3) is 16.7 Å². The van der Waals surface area contributed by atoms with Gasteiger partial charge in [-0.1, -0.05) is 11.6 Å². The van der Waals surface area contributed by atoms with Gasteiger partial charge in [0.2, 0.25) is 0 Å². The zero-order valence-electron chi connectivity index (χ0n) is 17.9. The molecule has 3 N–H and O–H groups in total. The molecule has 0 bridgehead atoms. The minimum atomic E-state index is -4.82. The second-order valence-electron chi connectivity index (χ2n) is 8.06. The average molecular weight is 504 g/mol. The highest BCUT2D eigenvalue weighted by atomic mass is 35.5. The van der Waals surface area contributed by atoms with Crippen molar-refractivity contribution in [2.75, 3.05) is 11.9 Å². The number of benzene rings is 1. The van der Waals surface area contributed by atoms with E-state index < -0.39 is 29.4 Å². The van der Waals surface area contributed by atoms with Crippen molar-refractivity contribution < 1.29 is 22.8 Å². The number of hydrogen-bond donors (Lipinski definition) is 3. The number of fused-ring (bicyclic) bond motifs is 1. The third-order valence-corrected chi connectivity index (χ3v) is 5.81. The van der Waals surface area contributed by atoms with E-state index in [-0.39, 0.29) is 22.1 Å². The Labute approximate surface area is 200 Å². The summed E-state index contributed by atoms with van der Waals surface area (Å²) in [5.41, 5.74) is -1.17. The van der Waals surface area contributed by atoms with Gasteiger partial charge < -0.3 is 10.6 Å². The van der Waals surface area contributed by atoms with E-state index in [1.165, 1.54) is 30.6 Å². The van der Waals surface area contributed by atoms with E-state index in [1.807, 2.05) is 0 Å². The Morgan fingerprint density at radius 2 is 2.00 bits per heavy atom. The van der Waals surface area contributed by atoms with Gasteiger partial charge in [-0.2, -0.15) is 23.4 Å². The molecule has 1 saturated carbocycles. The van der Waals surface area contributed by atoms with Crippen molar-refractivity contribution in [2.24, 2.45) is 5.92 Å². The number of H-pyrrole nitrogens is 1. The largest absolute Gasteiger partial charge is 0.435 e. The molecule has 5 rings (SSSR count). The van der Waals surface area contributed by atoms with Crippen molar-refractivity contribution in [3.05, 3.63) is 64.7 Å². The number of nitrogens with zero attached hydrogens (tertiary/aromatic N) is 4. The van der Waals surface area contributed by atoms with Gasteiger partial charge in [-0.15, -0.1) is 0 Å². The third-order valence-electron chi connectivity index (χ3n) is 5.51. The van der Waals surface area contributed by atoms with Crippen LogP contribution in [0.5, 0.6) is 0 Å². The van der Waals surface area contributed by atoms with Crippen LogP contribution in [-0.2, 0) is 6.18 Å². The van der Waals surface area contributed by atoms with E-state index in [2.05, 4.69) is 30.9 Å². The number of anilines is 1. The Balaban J connectivity index is 1.54. The van der Waals surface area contributed by atoms with Crippen LogP contribution in [0.15, 0.2) is 42.7 Å². The molecule has 1 aliphatic rings. The summed E-state index contributed by atoms with van der Waals surface area (Å²) < 4.78 is 41.0. The second kappa shape index (κ2) is 8.69. The van der Waals surface area contributed by atoms with Gasteiger partial charge in [0.25, 0.3) is 11.8 Å². The lowest BCUT2D eigenvalue weighted by molar-refractivity contribution is -0.141.